The van der Waals surface area contributed by atoms with Crippen LogP contribution in [0.25, 0.3) is 0 Å². The summed E-state index contributed by atoms with van der Waals surface area (Å²) in [7, 11) is 0. The molecule has 0 aromatic heterocycles. The van der Waals surface area contributed by atoms with Crippen LogP contribution in [0.15, 0.2) is 15.0 Å². The summed E-state index contributed by atoms with van der Waals surface area (Å²) in [5.41, 5.74) is 1.32. The Bertz CT molecular complexity index is 443. The van der Waals surface area contributed by atoms with E-state index in [9.17, 15) is 0 Å². The second-order valence-electron chi connectivity index (χ2n) is 5.57. The molecule has 2 N–H and O–H groups in total. The second kappa shape index (κ2) is 6.24. The van der Waals surface area contributed by atoms with Crippen LogP contribution in [-0.2, 0) is 4.74 Å². The Labute approximate surface area is 119 Å². The van der Waals surface area contributed by atoms with E-state index in [4.69, 9.17) is 4.74 Å². The monoisotopic (exact) mass is 277 g/mol. The quantitative estimate of drug-likeness (QED) is 0.773. The standard InChI is InChI=1S/C14H23N5O/c1-2-15-14-18-9-12(19-14)7-11-5-10(8-17-11)6-13-16-3-4-20-13/h10,12H,2-9H2,1H3,(H2,15,18,19). The van der Waals surface area contributed by atoms with Crippen LogP contribution >= 0.6 is 0 Å². The molecule has 3 heterocycles. The molecule has 2 atom stereocenters. The highest BCUT2D eigenvalue weighted by Crippen LogP contribution is 2.22. The fraction of sp³-hybridized carbons (Fsp3) is 0.786. The van der Waals surface area contributed by atoms with E-state index >= 15 is 0 Å². The summed E-state index contributed by atoms with van der Waals surface area (Å²) in [4.78, 5) is 13.5. The van der Waals surface area contributed by atoms with Gasteiger partial charge in [-0.3, -0.25) is 15.0 Å². The zero-order chi connectivity index (χ0) is 13.8. The van der Waals surface area contributed by atoms with Crippen LogP contribution in [0.3, 0.4) is 0 Å². The molecule has 0 fully saturated rings. The van der Waals surface area contributed by atoms with Crippen LogP contribution < -0.4 is 10.6 Å². The lowest BCUT2D eigenvalue weighted by atomic mass is 9.98. The largest absolute Gasteiger partial charge is 0.479 e. The fourth-order valence-electron chi connectivity index (χ4n) is 2.92. The Morgan fingerprint density at radius 2 is 2.20 bits per heavy atom. The Morgan fingerprint density at radius 1 is 1.25 bits per heavy atom. The molecule has 0 aliphatic carbocycles. The molecule has 0 bridgehead atoms. The Hall–Kier alpha value is -1.59. The van der Waals surface area contributed by atoms with Crippen molar-refractivity contribution in [2.45, 2.75) is 32.2 Å². The van der Waals surface area contributed by atoms with Crippen LogP contribution in [0, 0.1) is 5.92 Å². The van der Waals surface area contributed by atoms with E-state index in [-0.39, 0.29) is 0 Å². The molecule has 0 amide bonds. The normalized spacial score (nSPS) is 28.6. The summed E-state index contributed by atoms with van der Waals surface area (Å²) >= 11 is 0. The van der Waals surface area contributed by atoms with E-state index in [2.05, 4.69) is 32.5 Å². The molecule has 6 nitrogen and oxygen atoms in total. The van der Waals surface area contributed by atoms with Crippen LogP contribution in [0.1, 0.15) is 26.2 Å². The summed E-state index contributed by atoms with van der Waals surface area (Å²) in [5, 5.41) is 6.64. The smallest absolute Gasteiger partial charge is 0.191 e. The first-order valence-corrected chi connectivity index (χ1v) is 7.56. The van der Waals surface area contributed by atoms with E-state index in [1.165, 1.54) is 5.71 Å². The van der Waals surface area contributed by atoms with Gasteiger partial charge in [-0.2, -0.15) is 0 Å². The number of nitrogens with zero attached hydrogens (tertiary/aromatic N) is 3. The molecule has 2 unspecified atom stereocenters. The number of aliphatic imine (C=N–C) groups is 3. The third-order valence-corrected chi connectivity index (χ3v) is 3.85. The molecule has 0 saturated carbocycles. The van der Waals surface area contributed by atoms with Gasteiger partial charge in [0.05, 0.1) is 19.1 Å². The number of ether oxygens (including phenoxy) is 1. The molecule has 3 aliphatic rings. The Morgan fingerprint density at radius 3 is 3.00 bits per heavy atom. The summed E-state index contributed by atoms with van der Waals surface area (Å²) in [6, 6.07) is 0.404. The van der Waals surface area contributed by atoms with Gasteiger partial charge in [0.25, 0.3) is 0 Å². The molecular formula is C14H23N5O. The van der Waals surface area contributed by atoms with Crippen LogP contribution in [0.4, 0.5) is 0 Å². The summed E-state index contributed by atoms with van der Waals surface area (Å²) < 4.78 is 5.48. The maximum Gasteiger partial charge on any atom is 0.191 e. The molecule has 3 aliphatic heterocycles. The number of nitrogens with one attached hydrogen (secondary N) is 2. The Kier molecular flexibility index (Phi) is 4.18. The van der Waals surface area contributed by atoms with Gasteiger partial charge in [0, 0.05) is 31.6 Å². The van der Waals surface area contributed by atoms with Gasteiger partial charge >= 0.3 is 0 Å². The highest BCUT2D eigenvalue weighted by molar-refractivity contribution is 5.89. The van der Waals surface area contributed by atoms with Crippen molar-refractivity contribution < 1.29 is 4.74 Å². The van der Waals surface area contributed by atoms with Crippen LogP contribution in [0.2, 0.25) is 0 Å². The molecular weight excluding hydrogens is 254 g/mol. The first kappa shape index (κ1) is 13.4. The number of guanidine groups is 1. The Balaban J connectivity index is 1.40. The molecule has 20 heavy (non-hydrogen) atoms. The molecule has 0 radical (unpaired) electrons. The third-order valence-electron chi connectivity index (χ3n) is 3.85. The van der Waals surface area contributed by atoms with Crippen molar-refractivity contribution in [2.24, 2.45) is 20.9 Å². The van der Waals surface area contributed by atoms with Crippen LogP contribution in [0.5, 0.6) is 0 Å². The zero-order valence-corrected chi connectivity index (χ0v) is 12.1. The highest BCUT2D eigenvalue weighted by Gasteiger charge is 2.25. The van der Waals surface area contributed by atoms with Gasteiger partial charge in [0.2, 0.25) is 0 Å². The third kappa shape index (κ3) is 3.29. The van der Waals surface area contributed by atoms with E-state index in [0.29, 0.717) is 12.0 Å². The molecule has 6 heteroatoms. The SMILES string of the molecule is CCNC1=NCC(CC2=NCC(CC3=NCCO3)C2)N1. The summed E-state index contributed by atoms with van der Waals surface area (Å²) in [6.45, 7) is 6.34. The molecule has 0 aromatic carbocycles. The van der Waals surface area contributed by atoms with Crippen molar-refractivity contribution in [1.29, 1.82) is 0 Å². The van der Waals surface area contributed by atoms with Gasteiger partial charge < -0.3 is 15.4 Å². The van der Waals surface area contributed by atoms with Crippen molar-refractivity contribution in [2.75, 3.05) is 32.8 Å². The fourth-order valence-corrected chi connectivity index (χ4v) is 2.92. The van der Waals surface area contributed by atoms with Gasteiger partial charge in [-0.05, 0) is 19.3 Å². The maximum atomic E-state index is 5.48. The lowest BCUT2D eigenvalue weighted by molar-refractivity contribution is 0.331. The first-order chi connectivity index (χ1) is 9.83. The van der Waals surface area contributed by atoms with Gasteiger partial charge in [-0.25, -0.2) is 0 Å². The number of rotatable bonds is 5. The lowest BCUT2D eigenvalue weighted by Crippen LogP contribution is -2.39. The van der Waals surface area contributed by atoms with E-state index in [1.54, 1.807) is 0 Å². The van der Waals surface area contributed by atoms with Gasteiger partial charge in [-0.15, -0.1) is 0 Å². The van der Waals surface area contributed by atoms with Crippen molar-refractivity contribution >= 4 is 17.6 Å². The topological polar surface area (TPSA) is 70.4 Å². The van der Waals surface area contributed by atoms with Gasteiger partial charge in [0.1, 0.15) is 6.61 Å². The predicted octanol–water partition coefficient (Wildman–Crippen LogP) is 0.594. The first-order valence-electron chi connectivity index (χ1n) is 7.56. The zero-order valence-electron chi connectivity index (χ0n) is 12.1. The average Bonchev–Trinajstić information content (AvgIpc) is 3.15. The lowest BCUT2D eigenvalue weighted by Gasteiger charge is -2.13. The molecule has 3 rings (SSSR count). The van der Waals surface area contributed by atoms with Crippen molar-refractivity contribution in [3.8, 4) is 0 Å². The molecule has 110 valence electrons. The minimum Gasteiger partial charge on any atom is -0.479 e. The van der Waals surface area contributed by atoms with Crippen molar-refractivity contribution in [1.82, 2.24) is 10.6 Å². The molecule has 0 saturated heterocycles. The van der Waals surface area contributed by atoms with Gasteiger partial charge in [-0.1, -0.05) is 0 Å². The van der Waals surface area contributed by atoms with E-state index in [0.717, 1.165) is 63.9 Å². The molecule has 0 aromatic rings. The minimum absolute atomic E-state index is 0.404. The minimum atomic E-state index is 0.404. The molecule has 0 spiro atoms. The summed E-state index contributed by atoms with van der Waals surface area (Å²) in [6.07, 6.45) is 3.03. The summed E-state index contributed by atoms with van der Waals surface area (Å²) in [5.74, 6) is 2.45. The average molecular weight is 277 g/mol. The van der Waals surface area contributed by atoms with E-state index < -0.39 is 0 Å². The number of hydrogen-bond donors (Lipinski definition) is 2. The second-order valence-corrected chi connectivity index (χ2v) is 5.57. The van der Waals surface area contributed by atoms with Gasteiger partial charge in [0.15, 0.2) is 11.9 Å². The number of hydrogen-bond acceptors (Lipinski definition) is 6. The highest BCUT2D eigenvalue weighted by atomic mass is 16.5. The van der Waals surface area contributed by atoms with Crippen LogP contribution in [-0.4, -0.2) is 56.4 Å². The van der Waals surface area contributed by atoms with Crippen molar-refractivity contribution in [3.63, 3.8) is 0 Å². The van der Waals surface area contributed by atoms with E-state index in [1.807, 2.05) is 0 Å². The predicted molar refractivity (Wildman–Crippen MR) is 80.8 cm³/mol. The van der Waals surface area contributed by atoms with Crippen molar-refractivity contribution in [3.05, 3.63) is 0 Å². The maximum absolute atomic E-state index is 5.48.